The van der Waals surface area contributed by atoms with E-state index in [1.54, 1.807) is 6.92 Å². The molecule has 0 heterocycles. The highest BCUT2D eigenvalue weighted by atomic mass is 16.5. The summed E-state index contributed by atoms with van der Waals surface area (Å²) >= 11 is 0. The lowest BCUT2D eigenvalue weighted by atomic mass is 10.0. The van der Waals surface area contributed by atoms with Gasteiger partial charge in [0, 0.05) is 12.1 Å². The molecule has 4 heteroatoms. The summed E-state index contributed by atoms with van der Waals surface area (Å²) in [5.41, 5.74) is -0.156. The number of hydrogen-bond donors (Lipinski definition) is 2. The fraction of sp³-hybridized carbons (Fsp3) is 0.917. The first-order chi connectivity index (χ1) is 7.43. The van der Waals surface area contributed by atoms with Gasteiger partial charge < -0.3 is 15.4 Å². The maximum Gasteiger partial charge on any atom is 0.249 e. The van der Waals surface area contributed by atoms with Crippen molar-refractivity contribution in [1.82, 2.24) is 10.6 Å². The molecule has 0 radical (unpaired) electrons. The summed E-state index contributed by atoms with van der Waals surface area (Å²) in [7, 11) is 0. The van der Waals surface area contributed by atoms with Gasteiger partial charge in [-0.3, -0.25) is 4.79 Å². The van der Waals surface area contributed by atoms with Gasteiger partial charge >= 0.3 is 0 Å². The molecule has 0 aromatic rings. The summed E-state index contributed by atoms with van der Waals surface area (Å²) in [5, 5.41) is 6.11. The number of carbonyl (C=O) groups is 1. The molecule has 1 atom stereocenters. The van der Waals surface area contributed by atoms with Gasteiger partial charge in [-0.2, -0.15) is 0 Å². The van der Waals surface area contributed by atoms with Crippen molar-refractivity contribution in [3.05, 3.63) is 0 Å². The van der Waals surface area contributed by atoms with E-state index in [4.69, 9.17) is 4.74 Å². The van der Waals surface area contributed by atoms with E-state index in [1.807, 2.05) is 20.8 Å². The zero-order chi connectivity index (χ0) is 12.6. The lowest BCUT2D eigenvalue weighted by molar-refractivity contribution is -0.133. The zero-order valence-corrected chi connectivity index (χ0v) is 11.2. The normalized spacial score (nSPS) is 13.6. The minimum Gasteiger partial charge on any atom is -0.367 e. The van der Waals surface area contributed by atoms with Crippen molar-refractivity contribution in [3.63, 3.8) is 0 Å². The SMILES string of the molecule is CCNCCOC(C)C(=O)NC(C)(C)CC. The third kappa shape index (κ3) is 6.80. The number of amides is 1. The second-order valence-electron chi connectivity index (χ2n) is 4.59. The number of nitrogens with one attached hydrogen (secondary N) is 2. The van der Waals surface area contributed by atoms with Crippen LogP contribution in [0.5, 0.6) is 0 Å². The molecular weight excluding hydrogens is 204 g/mol. The van der Waals surface area contributed by atoms with E-state index in [1.165, 1.54) is 0 Å². The Balaban J connectivity index is 3.82. The summed E-state index contributed by atoms with van der Waals surface area (Å²) in [4.78, 5) is 11.7. The van der Waals surface area contributed by atoms with Crippen molar-refractivity contribution in [1.29, 1.82) is 0 Å². The first-order valence-electron chi connectivity index (χ1n) is 6.07. The predicted molar refractivity (Wildman–Crippen MR) is 66.5 cm³/mol. The van der Waals surface area contributed by atoms with Gasteiger partial charge in [0.05, 0.1) is 6.61 Å². The van der Waals surface area contributed by atoms with E-state index in [-0.39, 0.29) is 17.6 Å². The van der Waals surface area contributed by atoms with Crippen LogP contribution in [0.3, 0.4) is 0 Å². The fourth-order valence-electron chi connectivity index (χ4n) is 1.08. The maximum atomic E-state index is 11.7. The topological polar surface area (TPSA) is 50.4 Å². The van der Waals surface area contributed by atoms with Gasteiger partial charge in [0.1, 0.15) is 6.10 Å². The van der Waals surface area contributed by atoms with Crippen molar-refractivity contribution in [3.8, 4) is 0 Å². The van der Waals surface area contributed by atoms with Crippen LogP contribution < -0.4 is 10.6 Å². The molecule has 1 amide bonds. The van der Waals surface area contributed by atoms with Gasteiger partial charge in [0.2, 0.25) is 5.91 Å². The Morgan fingerprint density at radius 3 is 2.50 bits per heavy atom. The van der Waals surface area contributed by atoms with Gasteiger partial charge in [-0.15, -0.1) is 0 Å². The molecule has 0 saturated carbocycles. The van der Waals surface area contributed by atoms with Crippen LogP contribution in [0.1, 0.15) is 41.0 Å². The van der Waals surface area contributed by atoms with Crippen LogP contribution in [0, 0.1) is 0 Å². The molecule has 0 aliphatic heterocycles. The van der Waals surface area contributed by atoms with Crippen LogP contribution in [0.4, 0.5) is 0 Å². The molecular formula is C12H26N2O2. The monoisotopic (exact) mass is 230 g/mol. The highest BCUT2D eigenvalue weighted by molar-refractivity contribution is 5.81. The molecule has 0 rings (SSSR count). The van der Waals surface area contributed by atoms with Crippen molar-refractivity contribution >= 4 is 5.91 Å². The van der Waals surface area contributed by atoms with Gasteiger partial charge in [0.25, 0.3) is 0 Å². The van der Waals surface area contributed by atoms with Crippen molar-refractivity contribution in [2.24, 2.45) is 0 Å². The van der Waals surface area contributed by atoms with Gasteiger partial charge in [0.15, 0.2) is 0 Å². The second kappa shape index (κ2) is 7.63. The van der Waals surface area contributed by atoms with Gasteiger partial charge in [-0.1, -0.05) is 13.8 Å². The van der Waals surface area contributed by atoms with E-state index in [0.717, 1.165) is 19.5 Å². The molecule has 0 spiro atoms. The van der Waals surface area contributed by atoms with E-state index in [0.29, 0.717) is 6.61 Å². The number of hydrogen-bond acceptors (Lipinski definition) is 3. The highest BCUT2D eigenvalue weighted by Crippen LogP contribution is 2.07. The molecule has 0 aliphatic carbocycles. The Hall–Kier alpha value is -0.610. The molecule has 0 aliphatic rings. The molecule has 0 fully saturated rings. The first kappa shape index (κ1) is 15.4. The van der Waals surface area contributed by atoms with Crippen LogP contribution in [-0.4, -0.2) is 37.2 Å². The molecule has 0 aromatic carbocycles. The molecule has 16 heavy (non-hydrogen) atoms. The minimum atomic E-state index is -0.385. The molecule has 2 N–H and O–H groups in total. The third-order valence-electron chi connectivity index (χ3n) is 2.61. The smallest absolute Gasteiger partial charge is 0.249 e. The Morgan fingerprint density at radius 2 is 2.00 bits per heavy atom. The average molecular weight is 230 g/mol. The quantitative estimate of drug-likeness (QED) is 0.618. The zero-order valence-electron chi connectivity index (χ0n) is 11.2. The Bertz CT molecular complexity index is 205. The van der Waals surface area contributed by atoms with Crippen LogP contribution in [0.25, 0.3) is 0 Å². The number of carbonyl (C=O) groups excluding carboxylic acids is 1. The average Bonchev–Trinajstić information content (AvgIpc) is 2.23. The van der Waals surface area contributed by atoms with Crippen LogP contribution in [-0.2, 0) is 9.53 Å². The summed E-state index contributed by atoms with van der Waals surface area (Å²) < 4.78 is 5.42. The molecule has 0 bridgehead atoms. The van der Waals surface area contributed by atoms with Crippen LogP contribution >= 0.6 is 0 Å². The fourth-order valence-corrected chi connectivity index (χ4v) is 1.08. The van der Waals surface area contributed by atoms with E-state index in [2.05, 4.69) is 17.6 Å². The standard InChI is InChI=1S/C12H26N2O2/c1-6-12(4,5)14-11(15)10(3)16-9-8-13-7-2/h10,13H,6-9H2,1-5H3,(H,14,15). The van der Waals surface area contributed by atoms with Crippen molar-refractivity contribution in [2.75, 3.05) is 19.7 Å². The Kier molecular flexibility index (Phi) is 7.34. The lowest BCUT2D eigenvalue weighted by Crippen LogP contribution is -2.47. The summed E-state index contributed by atoms with van der Waals surface area (Å²) in [5.74, 6) is -0.0386. The Morgan fingerprint density at radius 1 is 1.38 bits per heavy atom. The number of likely N-dealkylation sites (N-methyl/N-ethyl adjacent to an activating group) is 1. The molecule has 0 aromatic heterocycles. The number of rotatable bonds is 8. The third-order valence-corrected chi connectivity index (χ3v) is 2.61. The van der Waals surface area contributed by atoms with Crippen LogP contribution in [0.15, 0.2) is 0 Å². The lowest BCUT2D eigenvalue weighted by Gasteiger charge is -2.26. The van der Waals surface area contributed by atoms with E-state index >= 15 is 0 Å². The maximum absolute atomic E-state index is 11.7. The van der Waals surface area contributed by atoms with E-state index < -0.39 is 0 Å². The number of ether oxygens (including phenoxy) is 1. The Labute approximate surface area is 99.1 Å². The van der Waals surface area contributed by atoms with Crippen molar-refractivity contribution in [2.45, 2.75) is 52.7 Å². The highest BCUT2D eigenvalue weighted by Gasteiger charge is 2.21. The summed E-state index contributed by atoms with van der Waals surface area (Å²) in [6.07, 6.45) is 0.521. The largest absolute Gasteiger partial charge is 0.367 e. The van der Waals surface area contributed by atoms with Gasteiger partial charge in [-0.25, -0.2) is 0 Å². The molecule has 96 valence electrons. The first-order valence-corrected chi connectivity index (χ1v) is 6.07. The minimum absolute atomic E-state index is 0.0386. The molecule has 0 saturated heterocycles. The van der Waals surface area contributed by atoms with Crippen molar-refractivity contribution < 1.29 is 9.53 Å². The second-order valence-corrected chi connectivity index (χ2v) is 4.59. The summed E-state index contributed by atoms with van der Waals surface area (Å²) in [6, 6.07) is 0. The van der Waals surface area contributed by atoms with E-state index in [9.17, 15) is 4.79 Å². The van der Waals surface area contributed by atoms with Crippen LogP contribution in [0.2, 0.25) is 0 Å². The van der Waals surface area contributed by atoms with Gasteiger partial charge in [-0.05, 0) is 33.7 Å². The molecule has 1 unspecified atom stereocenters. The summed E-state index contributed by atoms with van der Waals surface area (Å²) in [6.45, 7) is 12.2. The predicted octanol–water partition coefficient (Wildman–Crippen LogP) is 1.31. The molecule has 4 nitrogen and oxygen atoms in total.